The van der Waals surface area contributed by atoms with Crippen molar-refractivity contribution >= 4 is 5.91 Å². The van der Waals surface area contributed by atoms with E-state index in [0.29, 0.717) is 18.6 Å². The van der Waals surface area contributed by atoms with E-state index < -0.39 is 0 Å². The summed E-state index contributed by atoms with van der Waals surface area (Å²) in [6.07, 6.45) is 19.5. The minimum atomic E-state index is 0.0747. The molecule has 1 heterocycles. The molecule has 1 saturated heterocycles. The molecule has 1 aliphatic rings. The zero-order valence-corrected chi connectivity index (χ0v) is 14.9. The average Bonchev–Trinajstić information content (AvgIpc) is 3.28. The van der Waals surface area contributed by atoms with Gasteiger partial charge >= 0.3 is 0 Å². The number of ether oxygens (including phenoxy) is 1. The number of carbonyl (C=O) groups excluding carboxylic acids is 1. The van der Waals surface area contributed by atoms with Crippen LogP contribution in [-0.4, -0.2) is 24.8 Å². The van der Waals surface area contributed by atoms with E-state index in [4.69, 9.17) is 10.5 Å². The molecule has 0 bridgehead atoms. The normalized spacial score (nSPS) is 20.1. The Morgan fingerprint density at radius 2 is 1.83 bits per heavy atom. The van der Waals surface area contributed by atoms with Gasteiger partial charge in [0.15, 0.2) is 0 Å². The maximum Gasteiger partial charge on any atom is 0.220 e. The molecule has 0 aliphatic carbocycles. The quantitative estimate of drug-likeness (QED) is 0.207. The lowest BCUT2D eigenvalue weighted by atomic mass is 10.1. The molecule has 1 rings (SSSR count). The fraction of sp³-hybridized carbons (Fsp3) is 0.842. The van der Waals surface area contributed by atoms with Crippen molar-refractivity contribution in [3.05, 3.63) is 12.2 Å². The summed E-state index contributed by atoms with van der Waals surface area (Å²) in [7, 11) is 0. The summed E-state index contributed by atoms with van der Waals surface area (Å²) >= 11 is 0. The molecular formula is C19H36N2O2. The molecule has 1 fully saturated rings. The van der Waals surface area contributed by atoms with E-state index in [-0.39, 0.29) is 12.6 Å². The molecule has 0 aromatic heterocycles. The lowest BCUT2D eigenvalue weighted by Gasteiger charge is -2.02. The molecule has 4 nitrogen and oxygen atoms in total. The van der Waals surface area contributed by atoms with Crippen LogP contribution in [0.1, 0.15) is 84.0 Å². The second-order valence-corrected chi connectivity index (χ2v) is 6.53. The number of carbonyl (C=O) groups is 1. The second kappa shape index (κ2) is 13.6. The standard InChI is InChI=1S/C19H36N2O2/c1-2-3-10-13-17-18(23-17)14-11-8-6-4-5-7-9-12-15-19(22)21-16-20/h8,11,17-18H,2-7,9-10,12-16,20H2,1H3,(H,21,22)/b11-8-/t17-,18+/m1/s1. The SMILES string of the molecule is CCCCC[C@H]1O[C@H]1C/C=C\CCCCCCCC(=O)NCN. The summed E-state index contributed by atoms with van der Waals surface area (Å²) < 4.78 is 5.68. The van der Waals surface area contributed by atoms with Crippen LogP contribution < -0.4 is 11.1 Å². The van der Waals surface area contributed by atoms with Crippen molar-refractivity contribution in [2.75, 3.05) is 6.67 Å². The number of rotatable bonds is 15. The first-order valence-corrected chi connectivity index (χ1v) is 9.55. The Morgan fingerprint density at radius 3 is 2.61 bits per heavy atom. The van der Waals surface area contributed by atoms with Crippen LogP contribution in [0.4, 0.5) is 0 Å². The predicted octanol–water partition coefficient (Wildman–Crippen LogP) is 4.04. The highest BCUT2D eigenvalue weighted by molar-refractivity contribution is 5.75. The molecule has 3 N–H and O–H groups in total. The molecule has 0 aromatic rings. The number of hydrogen-bond donors (Lipinski definition) is 2. The van der Waals surface area contributed by atoms with Gasteiger partial charge in [-0.25, -0.2) is 0 Å². The Kier molecular flexibility index (Phi) is 11.9. The van der Waals surface area contributed by atoms with Gasteiger partial charge in [0, 0.05) is 6.42 Å². The van der Waals surface area contributed by atoms with Crippen molar-refractivity contribution in [1.82, 2.24) is 5.32 Å². The Morgan fingerprint density at radius 1 is 1.04 bits per heavy atom. The number of allylic oxidation sites excluding steroid dienone is 1. The summed E-state index contributed by atoms with van der Waals surface area (Å²) in [6, 6.07) is 0. The maximum atomic E-state index is 11.2. The molecule has 4 heteroatoms. The molecule has 0 saturated carbocycles. The third-order valence-electron chi connectivity index (χ3n) is 4.39. The first-order valence-electron chi connectivity index (χ1n) is 9.55. The van der Waals surface area contributed by atoms with Crippen LogP contribution >= 0.6 is 0 Å². The van der Waals surface area contributed by atoms with Gasteiger partial charge in [0.05, 0.1) is 18.9 Å². The highest BCUT2D eigenvalue weighted by Gasteiger charge is 2.36. The van der Waals surface area contributed by atoms with Crippen molar-refractivity contribution < 1.29 is 9.53 Å². The molecule has 1 aliphatic heterocycles. The van der Waals surface area contributed by atoms with Gasteiger partial charge in [-0.3, -0.25) is 4.79 Å². The smallest absolute Gasteiger partial charge is 0.220 e. The summed E-state index contributed by atoms with van der Waals surface area (Å²) in [5.74, 6) is 0.0747. The molecule has 134 valence electrons. The van der Waals surface area contributed by atoms with E-state index in [9.17, 15) is 4.79 Å². The first kappa shape index (κ1) is 20.2. The molecule has 1 amide bonds. The van der Waals surface area contributed by atoms with E-state index in [1.54, 1.807) is 0 Å². The average molecular weight is 325 g/mol. The number of nitrogens with two attached hydrogens (primary N) is 1. The van der Waals surface area contributed by atoms with Gasteiger partial charge in [0.2, 0.25) is 5.91 Å². The zero-order valence-electron chi connectivity index (χ0n) is 14.9. The van der Waals surface area contributed by atoms with Gasteiger partial charge in [0.1, 0.15) is 0 Å². The third-order valence-corrected chi connectivity index (χ3v) is 4.39. The highest BCUT2D eigenvalue weighted by atomic mass is 16.6. The fourth-order valence-corrected chi connectivity index (χ4v) is 2.86. The van der Waals surface area contributed by atoms with Crippen LogP contribution in [0.2, 0.25) is 0 Å². The molecule has 0 spiro atoms. The highest BCUT2D eigenvalue weighted by Crippen LogP contribution is 2.30. The van der Waals surface area contributed by atoms with E-state index in [1.165, 1.54) is 51.4 Å². The van der Waals surface area contributed by atoms with E-state index >= 15 is 0 Å². The number of unbranched alkanes of at least 4 members (excludes halogenated alkanes) is 7. The fourth-order valence-electron chi connectivity index (χ4n) is 2.86. The van der Waals surface area contributed by atoms with Crippen LogP contribution in [-0.2, 0) is 9.53 Å². The van der Waals surface area contributed by atoms with Crippen molar-refractivity contribution in [1.29, 1.82) is 0 Å². The van der Waals surface area contributed by atoms with Crippen LogP contribution in [0.15, 0.2) is 12.2 Å². The predicted molar refractivity (Wildman–Crippen MR) is 96.1 cm³/mol. The Hall–Kier alpha value is -0.870. The Bertz CT molecular complexity index is 331. The summed E-state index contributed by atoms with van der Waals surface area (Å²) in [4.78, 5) is 11.2. The number of amides is 1. The largest absolute Gasteiger partial charge is 0.369 e. The van der Waals surface area contributed by atoms with Gasteiger partial charge in [-0.2, -0.15) is 0 Å². The van der Waals surface area contributed by atoms with Crippen LogP contribution in [0.5, 0.6) is 0 Å². The molecule has 2 atom stereocenters. The van der Waals surface area contributed by atoms with Gasteiger partial charge in [0.25, 0.3) is 0 Å². The van der Waals surface area contributed by atoms with Gasteiger partial charge in [-0.05, 0) is 32.1 Å². The molecular weight excluding hydrogens is 288 g/mol. The van der Waals surface area contributed by atoms with Crippen LogP contribution in [0.25, 0.3) is 0 Å². The van der Waals surface area contributed by atoms with Crippen molar-refractivity contribution in [3.63, 3.8) is 0 Å². The molecule has 23 heavy (non-hydrogen) atoms. The maximum absolute atomic E-state index is 11.2. The van der Waals surface area contributed by atoms with Gasteiger partial charge < -0.3 is 15.8 Å². The molecule has 0 aromatic carbocycles. The van der Waals surface area contributed by atoms with Gasteiger partial charge in [-0.1, -0.05) is 57.6 Å². The first-order chi connectivity index (χ1) is 11.3. The monoisotopic (exact) mass is 324 g/mol. The zero-order chi connectivity index (χ0) is 16.8. The van der Waals surface area contributed by atoms with E-state index in [2.05, 4.69) is 24.4 Å². The van der Waals surface area contributed by atoms with Crippen LogP contribution in [0.3, 0.4) is 0 Å². The summed E-state index contributed by atoms with van der Waals surface area (Å²) in [5.41, 5.74) is 5.25. The number of nitrogens with one attached hydrogen (secondary N) is 1. The van der Waals surface area contributed by atoms with Crippen LogP contribution in [0, 0.1) is 0 Å². The van der Waals surface area contributed by atoms with Crippen molar-refractivity contribution in [3.8, 4) is 0 Å². The summed E-state index contributed by atoms with van der Waals surface area (Å²) in [5, 5.41) is 2.62. The van der Waals surface area contributed by atoms with E-state index in [0.717, 1.165) is 19.3 Å². The molecule has 0 radical (unpaired) electrons. The van der Waals surface area contributed by atoms with Crippen molar-refractivity contribution in [2.45, 2.75) is 96.2 Å². The minimum absolute atomic E-state index is 0.0747. The number of hydrogen-bond acceptors (Lipinski definition) is 3. The Balaban J connectivity index is 1.80. The topological polar surface area (TPSA) is 67.7 Å². The third kappa shape index (κ3) is 11.3. The second-order valence-electron chi connectivity index (χ2n) is 6.53. The molecule has 0 unspecified atom stereocenters. The Labute approximate surface area is 142 Å². The number of epoxide rings is 1. The lowest BCUT2D eigenvalue weighted by molar-refractivity contribution is -0.121. The lowest BCUT2D eigenvalue weighted by Crippen LogP contribution is -2.28. The summed E-state index contributed by atoms with van der Waals surface area (Å²) in [6.45, 7) is 2.49. The van der Waals surface area contributed by atoms with Gasteiger partial charge in [-0.15, -0.1) is 0 Å². The van der Waals surface area contributed by atoms with Crippen molar-refractivity contribution in [2.24, 2.45) is 5.73 Å². The minimum Gasteiger partial charge on any atom is -0.369 e. The van der Waals surface area contributed by atoms with E-state index in [1.807, 2.05) is 0 Å².